The summed E-state index contributed by atoms with van der Waals surface area (Å²) in [4.78, 5) is 22.6. The molecule has 0 bridgehead atoms. The van der Waals surface area contributed by atoms with Gasteiger partial charge in [-0.25, -0.2) is 14.8 Å². The van der Waals surface area contributed by atoms with Gasteiger partial charge in [0.25, 0.3) is 0 Å². The SMILES string of the molecule is O=C(O)[C@@H]1C[C@H](O)CN1c1nc(C2CC2)nc2c1oc1ccccc12. The largest absolute Gasteiger partial charge is 0.480 e. The van der Waals surface area contributed by atoms with Crippen molar-refractivity contribution in [1.82, 2.24) is 9.97 Å². The van der Waals surface area contributed by atoms with E-state index >= 15 is 0 Å². The van der Waals surface area contributed by atoms with Gasteiger partial charge in [-0.2, -0.15) is 0 Å². The minimum atomic E-state index is -0.965. The highest BCUT2D eigenvalue weighted by molar-refractivity contribution is 6.06. The van der Waals surface area contributed by atoms with E-state index in [9.17, 15) is 15.0 Å². The van der Waals surface area contributed by atoms with Gasteiger partial charge in [-0.1, -0.05) is 12.1 Å². The van der Waals surface area contributed by atoms with E-state index in [1.165, 1.54) is 0 Å². The van der Waals surface area contributed by atoms with Crippen molar-refractivity contribution in [3.63, 3.8) is 0 Å². The first-order valence-electron chi connectivity index (χ1n) is 8.48. The highest BCUT2D eigenvalue weighted by atomic mass is 16.4. The van der Waals surface area contributed by atoms with Gasteiger partial charge in [-0.05, 0) is 25.0 Å². The predicted octanol–water partition coefficient (Wildman–Crippen LogP) is 2.28. The maximum absolute atomic E-state index is 11.6. The second-order valence-electron chi connectivity index (χ2n) is 6.85. The molecule has 2 aromatic heterocycles. The molecule has 3 heterocycles. The molecule has 0 unspecified atom stereocenters. The topological polar surface area (TPSA) is 99.7 Å². The van der Waals surface area contributed by atoms with Crippen molar-refractivity contribution < 1.29 is 19.4 Å². The Morgan fingerprint density at radius 2 is 2.04 bits per heavy atom. The minimum absolute atomic E-state index is 0.180. The molecule has 0 radical (unpaired) electrons. The molecule has 2 N–H and O–H groups in total. The van der Waals surface area contributed by atoms with Crippen molar-refractivity contribution in [3.8, 4) is 0 Å². The average molecular weight is 339 g/mol. The van der Waals surface area contributed by atoms with Crippen molar-refractivity contribution in [2.24, 2.45) is 0 Å². The lowest BCUT2D eigenvalue weighted by Gasteiger charge is -2.22. The fourth-order valence-electron chi connectivity index (χ4n) is 3.59. The molecule has 3 aromatic rings. The number of aliphatic hydroxyl groups is 1. The number of carboxylic acid groups (broad SMARTS) is 1. The van der Waals surface area contributed by atoms with Gasteiger partial charge in [-0.15, -0.1) is 0 Å². The van der Waals surface area contributed by atoms with E-state index in [1.807, 2.05) is 24.3 Å². The van der Waals surface area contributed by atoms with Crippen LogP contribution >= 0.6 is 0 Å². The fourth-order valence-corrected chi connectivity index (χ4v) is 3.59. The molecule has 7 nitrogen and oxygen atoms in total. The first kappa shape index (κ1) is 14.7. The number of furan rings is 1. The highest BCUT2D eigenvalue weighted by Gasteiger charge is 2.39. The summed E-state index contributed by atoms with van der Waals surface area (Å²) in [5.74, 6) is 0.576. The lowest BCUT2D eigenvalue weighted by Crippen LogP contribution is -2.36. The van der Waals surface area contributed by atoms with Crippen LogP contribution in [0.25, 0.3) is 22.1 Å². The number of para-hydroxylation sites is 1. The van der Waals surface area contributed by atoms with Crippen molar-refractivity contribution in [1.29, 1.82) is 0 Å². The molecule has 2 fully saturated rings. The van der Waals surface area contributed by atoms with E-state index in [0.717, 1.165) is 24.1 Å². The van der Waals surface area contributed by atoms with Crippen LogP contribution < -0.4 is 4.90 Å². The van der Waals surface area contributed by atoms with Crippen molar-refractivity contribution in [2.75, 3.05) is 11.4 Å². The molecule has 128 valence electrons. The van der Waals surface area contributed by atoms with Gasteiger partial charge in [0.1, 0.15) is 23.0 Å². The normalized spacial score (nSPS) is 23.6. The van der Waals surface area contributed by atoms with Crippen LogP contribution in [0.1, 0.15) is 31.0 Å². The zero-order valence-corrected chi connectivity index (χ0v) is 13.4. The first-order valence-corrected chi connectivity index (χ1v) is 8.48. The molecule has 7 heteroatoms. The maximum atomic E-state index is 11.6. The summed E-state index contributed by atoms with van der Waals surface area (Å²) in [6.07, 6.45) is 1.58. The standard InChI is InChI=1S/C18H17N3O4/c22-10-7-12(18(23)24)21(8-10)17-15-14(19-16(20-17)9-5-6-9)11-3-1-2-4-13(11)25-15/h1-4,9-10,12,22H,5-8H2,(H,23,24)/t10-,12-/m0/s1. The molecule has 1 saturated heterocycles. The third-order valence-corrected chi connectivity index (χ3v) is 5.00. The van der Waals surface area contributed by atoms with Gasteiger partial charge < -0.3 is 19.5 Å². The summed E-state index contributed by atoms with van der Waals surface area (Å²) >= 11 is 0. The molecule has 25 heavy (non-hydrogen) atoms. The summed E-state index contributed by atoms with van der Waals surface area (Å²) in [7, 11) is 0. The van der Waals surface area contributed by atoms with E-state index in [-0.39, 0.29) is 13.0 Å². The monoisotopic (exact) mass is 339 g/mol. The number of hydrogen-bond donors (Lipinski definition) is 2. The fraction of sp³-hybridized carbons (Fsp3) is 0.389. The zero-order chi connectivity index (χ0) is 17.1. The highest BCUT2D eigenvalue weighted by Crippen LogP contribution is 2.42. The maximum Gasteiger partial charge on any atom is 0.326 e. The number of carboxylic acids is 1. The number of fused-ring (bicyclic) bond motifs is 3. The van der Waals surface area contributed by atoms with Crippen LogP contribution in [0.5, 0.6) is 0 Å². The Morgan fingerprint density at radius 1 is 1.24 bits per heavy atom. The zero-order valence-electron chi connectivity index (χ0n) is 13.4. The molecule has 5 rings (SSSR count). The Kier molecular flexibility index (Phi) is 3.03. The van der Waals surface area contributed by atoms with Crippen LogP contribution in [0.15, 0.2) is 28.7 Å². The smallest absolute Gasteiger partial charge is 0.326 e. The molecule has 1 aliphatic heterocycles. The van der Waals surface area contributed by atoms with E-state index < -0.39 is 18.1 Å². The summed E-state index contributed by atoms with van der Waals surface area (Å²) in [5.41, 5.74) is 1.91. The summed E-state index contributed by atoms with van der Waals surface area (Å²) < 4.78 is 5.97. The lowest BCUT2D eigenvalue weighted by atomic mass is 10.2. The Balaban J connectivity index is 1.77. The van der Waals surface area contributed by atoms with Crippen LogP contribution in [0.2, 0.25) is 0 Å². The van der Waals surface area contributed by atoms with E-state index in [0.29, 0.717) is 28.4 Å². The molecule has 0 spiro atoms. The molecule has 0 amide bonds. The Morgan fingerprint density at radius 3 is 2.80 bits per heavy atom. The van der Waals surface area contributed by atoms with Gasteiger partial charge in [0, 0.05) is 24.3 Å². The predicted molar refractivity (Wildman–Crippen MR) is 90.7 cm³/mol. The second kappa shape index (κ2) is 5.16. The van der Waals surface area contributed by atoms with Crippen LogP contribution in [0.3, 0.4) is 0 Å². The molecule has 2 atom stereocenters. The Labute approximate surface area is 142 Å². The van der Waals surface area contributed by atoms with Gasteiger partial charge in [0.2, 0.25) is 0 Å². The van der Waals surface area contributed by atoms with Gasteiger partial charge >= 0.3 is 5.97 Å². The molecule has 1 aliphatic carbocycles. The number of rotatable bonds is 3. The number of anilines is 1. The van der Waals surface area contributed by atoms with Crippen LogP contribution in [-0.2, 0) is 4.79 Å². The van der Waals surface area contributed by atoms with Crippen LogP contribution in [0.4, 0.5) is 5.82 Å². The Hall–Kier alpha value is -2.67. The number of nitrogens with zero attached hydrogens (tertiary/aromatic N) is 3. The summed E-state index contributed by atoms with van der Waals surface area (Å²) in [6.45, 7) is 0.226. The van der Waals surface area contributed by atoms with E-state index in [4.69, 9.17) is 9.40 Å². The number of benzene rings is 1. The third-order valence-electron chi connectivity index (χ3n) is 5.00. The quantitative estimate of drug-likeness (QED) is 0.755. The summed E-state index contributed by atoms with van der Waals surface area (Å²) in [5, 5.41) is 20.4. The van der Waals surface area contributed by atoms with Gasteiger partial charge in [0.05, 0.1) is 6.10 Å². The van der Waals surface area contributed by atoms with Gasteiger partial charge in [0.15, 0.2) is 11.4 Å². The molecule has 1 aromatic carbocycles. The number of aliphatic carboxylic acids is 1. The van der Waals surface area contributed by atoms with E-state index in [1.54, 1.807) is 4.90 Å². The lowest BCUT2D eigenvalue weighted by molar-refractivity contribution is -0.138. The molecule has 1 saturated carbocycles. The first-order chi connectivity index (χ1) is 12.1. The molecular weight excluding hydrogens is 322 g/mol. The number of aromatic nitrogens is 2. The van der Waals surface area contributed by atoms with Crippen LogP contribution in [-0.4, -0.2) is 44.8 Å². The number of hydrogen-bond acceptors (Lipinski definition) is 6. The van der Waals surface area contributed by atoms with Gasteiger partial charge in [-0.3, -0.25) is 0 Å². The molecular formula is C18H17N3O4. The minimum Gasteiger partial charge on any atom is -0.480 e. The van der Waals surface area contributed by atoms with Crippen molar-refractivity contribution in [2.45, 2.75) is 37.3 Å². The third kappa shape index (κ3) is 2.26. The number of aliphatic hydroxyl groups excluding tert-OH is 1. The summed E-state index contributed by atoms with van der Waals surface area (Å²) in [6, 6.07) is 6.82. The number of carbonyl (C=O) groups is 1. The van der Waals surface area contributed by atoms with E-state index in [2.05, 4.69) is 4.98 Å². The number of β-amino-alcohol motifs (C(OH)–C–C–N with tert-alkyl or cyclic N) is 1. The average Bonchev–Trinajstić information content (AvgIpc) is 3.27. The van der Waals surface area contributed by atoms with Crippen LogP contribution in [0, 0.1) is 0 Å². The van der Waals surface area contributed by atoms with Crippen molar-refractivity contribution >= 4 is 33.9 Å². The Bertz CT molecular complexity index is 995. The van der Waals surface area contributed by atoms with Crippen molar-refractivity contribution in [3.05, 3.63) is 30.1 Å². The molecule has 2 aliphatic rings. The second-order valence-corrected chi connectivity index (χ2v) is 6.85.